The van der Waals surface area contributed by atoms with E-state index in [1.807, 2.05) is 0 Å². The molecule has 1 nitrogen and oxygen atoms in total. The summed E-state index contributed by atoms with van der Waals surface area (Å²) in [5.74, 6) is 2.66. The topological polar surface area (TPSA) is 12.0 Å². The maximum Gasteiger partial charge on any atom is 0.0167 e. The van der Waals surface area contributed by atoms with Gasteiger partial charge in [0.2, 0.25) is 0 Å². The van der Waals surface area contributed by atoms with Crippen LogP contribution in [-0.4, -0.2) is 12.6 Å². The lowest BCUT2D eigenvalue weighted by molar-refractivity contribution is 0.315. The van der Waals surface area contributed by atoms with Crippen molar-refractivity contribution in [1.29, 1.82) is 0 Å². The molecule has 0 heterocycles. The summed E-state index contributed by atoms with van der Waals surface area (Å²) < 4.78 is 0. The molecule has 94 valence electrons. The molecule has 1 aromatic rings. The van der Waals surface area contributed by atoms with Gasteiger partial charge < -0.3 is 5.32 Å². The number of rotatable bonds is 3. The largest absolute Gasteiger partial charge is 0.313 e. The average molecular weight is 252 g/mol. The van der Waals surface area contributed by atoms with Gasteiger partial charge in [-0.3, -0.25) is 0 Å². The van der Waals surface area contributed by atoms with Crippen molar-refractivity contribution in [3.05, 3.63) is 35.9 Å². The van der Waals surface area contributed by atoms with Crippen LogP contribution in [0.3, 0.4) is 0 Å². The lowest BCUT2D eigenvalue weighted by atomic mass is 9.80. The van der Waals surface area contributed by atoms with Crippen molar-refractivity contribution in [2.24, 2.45) is 11.8 Å². The molecule has 2 aliphatic rings. The lowest BCUT2D eigenvalue weighted by Gasteiger charge is -2.32. The number of halogens is 1. The van der Waals surface area contributed by atoms with E-state index in [2.05, 4.69) is 42.6 Å². The van der Waals surface area contributed by atoms with Crippen LogP contribution >= 0.6 is 12.4 Å². The Kier molecular flexibility index (Phi) is 4.11. The van der Waals surface area contributed by atoms with Crippen molar-refractivity contribution in [3.8, 4) is 0 Å². The summed E-state index contributed by atoms with van der Waals surface area (Å²) in [6.45, 7) is 3.34. The molecule has 0 saturated heterocycles. The fourth-order valence-corrected chi connectivity index (χ4v) is 3.98. The monoisotopic (exact) mass is 251 g/mol. The minimum Gasteiger partial charge on any atom is -0.313 e. The Hall–Kier alpha value is -0.530. The molecule has 4 atom stereocenters. The van der Waals surface area contributed by atoms with Gasteiger partial charge in [0.25, 0.3) is 0 Å². The average Bonchev–Trinajstić information content (AvgIpc) is 2.91. The third-order valence-electron chi connectivity index (χ3n) is 4.54. The van der Waals surface area contributed by atoms with Gasteiger partial charge in [0.15, 0.2) is 0 Å². The van der Waals surface area contributed by atoms with Crippen LogP contribution in [-0.2, 0) is 0 Å². The Bertz CT molecular complexity index is 351. The summed E-state index contributed by atoms with van der Waals surface area (Å²) in [6.07, 6.45) is 4.36. The molecule has 0 amide bonds. The number of benzene rings is 1. The van der Waals surface area contributed by atoms with Gasteiger partial charge in [-0.2, -0.15) is 0 Å². The van der Waals surface area contributed by atoms with Crippen molar-refractivity contribution >= 4 is 12.4 Å². The summed E-state index contributed by atoms with van der Waals surface area (Å²) >= 11 is 0. The van der Waals surface area contributed by atoms with E-state index in [1.165, 1.54) is 19.3 Å². The Morgan fingerprint density at radius 3 is 2.53 bits per heavy atom. The highest BCUT2D eigenvalue weighted by Gasteiger charge is 2.47. The number of hydrogen-bond acceptors (Lipinski definition) is 1. The minimum absolute atomic E-state index is 0. The van der Waals surface area contributed by atoms with Crippen molar-refractivity contribution in [1.82, 2.24) is 5.32 Å². The van der Waals surface area contributed by atoms with E-state index in [0.29, 0.717) is 0 Å². The highest BCUT2D eigenvalue weighted by molar-refractivity contribution is 5.85. The normalized spacial score (nSPS) is 34.6. The number of likely N-dealkylation sites (N-methyl/N-ethyl adjacent to an activating group) is 1. The van der Waals surface area contributed by atoms with Crippen molar-refractivity contribution in [2.75, 3.05) is 6.54 Å². The number of fused-ring (bicyclic) bond motifs is 2. The Labute approximate surface area is 110 Å². The van der Waals surface area contributed by atoms with Gasteiger partial charge in [-0.25, -0.2) is 0 Å². The lowest BCUT2D eigenvalue weighted by Crippen LogP contribution is -2.39. The Balaban J connectivity index is 0.00000108. The standard InChI is InChI=1S/C15H21N.ClH/c1-2-16-15-13-9-8-12(10-13)14(15)11-6-4-3-5-7-11;/h3-7,12-16H,2,8-10H2,1H3;1H/t12-,13+,14+,15+;/m0./s1. The molecular weight excluding hydrogens is 230 g/mol. The van der Waals surface area contributed by atoms with Crippen molar-refractivity contribution in [3.63, 3.8) is 0 Å². The molecule has 2 saturated carbocycles. The van der Waals surface area contributed by atoms with Crippen LogP contribution in [0.1, 0.15) is 37.7 Å². The summed E-state index contributed by atoms with van der Waals surface area (Å²) in [5.41, 5.74) is 1.56. The van der Waals surface area contributed by atoms with E-state index in [9.17, 15) is 0 Å². The molecule has 2 aliphatic carbocycles. The SMILES string of the molecule is CCN[C@@H]1[C@@H]2CC[C@@H](C2)[C@H]1c1ccccc1.Cl. The first kappa shape index (κ1) is 12.9. The molecule has 1 aromatic carbocycles. The van der Waals surface area contributed by atoms with Crippen LogP contribution in [0, 0.1) is 11.8 Å². The fourth-order valence-electron chi connectivity index (χ4n) is 3.98. The molecule has 1 N–H and O–H groups in total. The number of hydrogen-bond donors (Lipinski definition) is 1. The molecular formula is C15H22ClN. The maximum atomic E-state index is 3.72. The minimum atomic E-state index is 0. The van der Waals surface area contributed by atoms with E-state index >= 15 is 0 Å². The van der Waals surface area contributed by atoms with E-state index in [0.717, 1.165) is 30.3 Å². The van der Waals surface area contributed by atoms with E-state index in [-0.39, 0.29) is 12.4 Å². The molecule has 0 spiro atoms. The summed E-state index contributed by atoms with van der Waals surface area (Å²) in [7, 11) is 0. The van der Waals surface area contributed by atoms with E-state index < -0.39 is 0 Å². The van der Waals surface area contributed by atoms with Crippen LogP contribution in [0.4, 0.5) is 0 Å². The van der Waals surface area contributed by atoms with Crippen molar-refractivity contribution in [2.45, 2.75) is 38.1 Å². The number of nitrogens with one attached hydrogen (secondary N) is 1. The fraction of sp³-hybridized carbons (Fsp3) is 0.600. The van der Waals surface area contributed by atoms with Gasteiger partial charge in [0.05, 0.1) is 0 Å². The van der Waals surface area contributed by atoms with Crippen LogP contribution < -0.4 is 5.32 Å². The quantitative estimate of drug-likeness (QED) is 0.866. The van der Waals surface area contributed by atoms with Crippen LogP contribution in [0.25, 0.3) is 0 Å². The van der Waals surface area contributed by atoms with Crippen LogP contribution in [0.15, 0.2) is 30.3 Å². The smallest absolute Gasteiger partial charge is 0.0167 e. The predicted octanol–water partition coefficient (Wildman–Crippen LogP) is 3.60. The first-order valence-corrected chi connectivity index (χ1v) is 6.68. The molecule has 0 aromatic heterocycles. The van der Waals surface area contributed by atoms with Crippen LogP contribution in [0.5, 0.6) is 0 Å². The zero-order valence-electron chi connectivity index (χ0n) is 10.4. The first-order valence-electron chi connectivity index (χ1n) is 6.68. The third kappa shape index (κ3) is 2.23. The molecule has 2 bridgehead atoms. The molecule has 0 unspecified atom stereocenters. The van der Waals surface area contributed by atoms with Gasteiger partial charge in [0.1, 0.15) is 0 Å². The van der Waals surface area contributed by atoms with Gasteiger partial charge in [-0.1, -0.05) is 37.3 Å². The van der Waals surface area contributed by atoms with E-state index in [1.54, 1.807) is 5.56 Å². The van der Waals surface area contributed by atoms with Gasteiger partial charge in [-0.05, 0) is 43.2 Å². The Morgan fingerprint density at radius 2 is 1.82 bits per heavy atom. The zero-order valence-corrected chi connectivity index (χ0v) is 11.2. The van der Waals surface area contributed by atoms with Gasteiger partial charge in [-0.15, -0.1) is 12.4 Å². The molecule has 0 radical (unpaired) electrons. The highest BCUT2D eigenvalue weighted by Crippen LogP contribution is 2.52. The maximum absolute atomic E-state index is 3.72. The van der Waals surface area contributed by atoms with Gasteiger partial charge >= 0.3 is 0 Å². The summed E-state index contributed by atoms with van der Waals surface area (Å²) in [4.78, 5) is 0. The molecule has 2 heteroatoms. The highest BCUT2D eigenvalue weighted by atomic mass is 35.5. The molecule has 2 fully saturated rings. The summed E-state index contributed by atoms with van der Waals surface area (Å²) in [6, 6.07) is 11.9. The second-order valence-electron chi connectivity index (χ2n) is 5.35. The van der Waals surface area contributed by atoms with Crippen molar-refractivity contribution < 1.29 is 0 Å². The van der Waals surface area contributed by atoms with Gasteiger partial charge in [0, 0.05) is 12.0 Å². The van der Waals surface area contributed by atoms with E-state index in [4.69, 9.17) is 0 Å². The van der Waals surface area contributed by atoms with Crippen LogP contribution in [0.2, 0.25) is 0 Å². The summed E-state index contributed by atoms with van der Waals surface area (Å²) in [5, 5.41) is 3.72. The third-order valence-corrected chi connectivity index (χ3v) is 4.54. The molecule has 0 aliphatic heterocycles. The first-order chi connectivity index (χ1) is 7.90. The second kappa shape index (κ2) is 5.41. The second-order valence-corrected chi connectivity index (χ2v) is 5.35. The zero-order chi connectivity index (χ0) is 11.0. The predicted molar refractivity (Wildman–Crippen MR) is 74.7 cm³/mol. The molecule has 17 heavy (non-hydrogen) atoms. The molecule has 3 rings (SSSR count). The Morgan fingerprint density at radius 1 is 1.12 bits per heavy atom.